The highest BCUT2D eigenvalue weighted by molar-refractivity contribution is 7.80. The van der Waals surface area contributed by atoms with Crippen molar-refractivity contribution in [1.29, 1.82) is 0 Å². The van der Waals surface area contributed by atoms with E-state index in [0.29, 0.717) is 13.0 Å². The van der Waals surface area contributed by atoms with Crippen molar-refractivity contribution < 1.29 is 56.2 Å². The van der Waals surface area contributed by atoms with Crippen LogP contribution < -0.4 is 0 Å². The molecule has 0 saturated carbocycles. The lowest BCUT2D eigenvalue weighted by Crippen LogP contribution is -2.60. The summed E-state index contributed by atoms with van der Waals surface area (Å²) in [4.78, 5) is 12.8. The summed E-state index contributed by atoms with van der Waals surface area (Å²) in [6.07, 6.45) is 33.9. The molecule has 0 aromatic rings. The minimum atomic E-state index is -5.07. The van der Waals surface area contributed by atoms with E-state index < -0.39 is 59.8 Å². The molecule has 0 bridgehead atoms. The largest absolute Gasteiger partial charge is 0.457 e. The van der Waals surface area contributed by atoms with Crippen LogP contribution in [-0.4, -0.2) is 97.5 Å². The van der Waals surface area contributed by atoms with Crippen molar-refractivity contribution in [3.63, 3.8) is 0 Å². The summed E-state index contributed by atoms with van der Waals surface area (Å²) in [6, 6.07) is 0. The molecule has 6 atom stereocenters. The maximum absolute atomic E-state index is 12.8. The van der Waals surface area contributed by atoms with Gasteiger partial charge in [-0.1, -0.05) is 126 Å². The van der Waals surface area contributed by atoms with Crippen molar-refractivity contribution in [3.8, 4) is 0 Å². The number of carbonyl (C=O) groups excluding carboxylic acids is 1. The van der Waals surface area contributed by atoms with Crippen molar-refractivity contribution in [3.05, 3.63) is 60.8 Å². The molecule has 1 aliphatic heterocycles. The number of rotatable bonds is 36. The van der Waals surface area contributed by atoms with E-state index in [2.05, 4.69) is 78.8 Å². The standard InChI is InChI=1S/C44H76O12S/c1-3-5-7-9-11-13-15-17-18-19-20-21-23-25-27-29-31-33-40(46)54-38(36-52-34-32-30-28-26-24-22-16-14-12-10-8-6-4-2)37-53-44-42(48)43(56-57(49,50)51)41(47)39(35-45)55-44/h5,7,11-14,17-18,20-21,38-39,41-45,47-48H,3-4,6,8-10,15-16,19,22-37H2,1-2H3,(H,49,50,51)/b7-5-,13-11-,14-12-,18-17-,21-20-. The second-order valence-electron chi connectivity index (χ2n) is 14.5. The van der Waals surface area contributed by atoms with E-state index in [9.17, 15) is 28.5 Å². The van der Waals surface area contributed by atoms with Gasteiger partial charge in [0.25, 0.3) is 0 Å². The minimum absolute atomic E-state index is 0.0189. The predicted molar refractivity (Wildman–Crippen MR) is 225 cm³/mol. The van der Waals surface area contributed by atoms with E-state index in [4.69, 9.17) is 23.5 Å². The SMILES string of the molecule is CC/C=C\C/C=C\C/C=C\C/C=C\CCCCCCC(=O)OC(COCCCCCCCC/C=C\CCCCC)COC1OC(CO)C(O)C(OS(=O)(=O)O)C1O. The van der Waals surface area contributed by atoms with Gasteiger partial charge in [0.15, 0.2) is 6.29 Å². The first kappa shape index (κ1) is 52.8. The zero-order chi connectivity index (χ0) is 41.8. The first-order chi connectivity index (χ1) is 27.6. The van der Waals surface area contributed by atoms with Crippen molar-refractivity contribution in [2.75, 3.05) is 26.4 Å². The van der Waals surface area contributed by atoms with Crippen molar-refractivity contribution >= 4 is 16.4 Å². The van der Waals surface area contributed by atoms with E-state index in [0.717, 1.165) is 83.5 Å². The zero-order valence-corrected chi connectivity index (χ0v) is 35.7. The number of allylic oxidation sites excluding steroid dienone is 10. The van der Waals surface area contributed by atoms with Gasteiger partial charge in [-0.25, -0.2) is 4.18 Å². The van der Waals surface area contributed by atoms with E-state index in [1.807, 2.05) is 0 Å². The Morgan fingerprint density at radius 2 is 1.21 bits per heavy atom. The van der Waals surface area contributed by atoms with Crippen molar-refractivity contribution in [2.24, 2.45) is 0 Å². The van der Waals surface area contributed by atoms with Gasteiger partial charge in [-0.15, -0.1) is 0 Å². The molecule has 1 aliphatic rings. The van der Waals surface area contributed by atoms with Crippen LogP contribution in [0.25, 0.3) is 0 Å². The van der Waals surface area contributed by atoms with Gasteiger partial charge < -0.3 is 34.3 Å². The average Bonchev–Trinajstić information content (AvgIpc) is 3.18. The third kappa shape index (κ3) is 29.6. The number of carbonyl (C=O) groups is 1. The molecule has 330 valence electrons. The third-order valence-corrected chi connectivity index (χ3v) is 9.84. The Labute approximate surface area is 344 Å². The van der Waals surface area contributed by atoms with Crippen LogP contribution in [0, 0.1) is 0 Å². The van der Waals surface area contributed by atoms with Gasteiger partial charge in [-0.3, -0.25) is 9.35 Å². The van der Waals surface area contributed by atoms with Gasteiger partial charge in [-0.2, -0.15) is 8.42 Å². The van der Waals surface area contributed by atoms with Gasteiger partial charge in [-0.05, 0) is 77.0 Å². The fourth-order valence-corrected chi connectivity index (χ4v) is 6.64. The molecule has 57 heavy (non-hydrogen) atoms. The highest BCUT2D eigenvalue weighted by Crippen LogP contribution is 2.26. The average molecular weight is 829 g/mol. The second-order valence-corrected chi connectivity index (χ2v) is 15.6. The lowest BCUT2D eigenvalue weighted by Gasteiger charge is -2.41. The minimum Gasteiger partial charge on any atom is -0.457 e. The molecule has 4 N–H and O–H groups in total. The first-order valence-electron chi connectivity index (χ1n) is 21.5. The highest BCUT2D eigenvalue weighted by Gasteiger charge is 2.48. The lowest BCUT2D eigenvalue weighted by molar-refractivity contribution is -0.301. The van der Waals surface area contributed by atoms with Gasteiger partial charge in [0.1, 0.15) is 30.5 Å². The number of ether oxygens (including phenoxy) is 4. The molecule has 0 aliphatic carbocycles. The van der Waals surface area contributed by atoms with Gasteiger partial charge >= 0.3 is 16.4 Å². The maximum atomic E-state index is 12.8. The highest BCUT2D eigenvalue weighted by atomic mass is 32.3. The molecule has 0 radical (unpaired) electrons. The van der Waals surface area contributed by atoms with E-state index in [-0.39, 0.29) is 19.6 Å². The number of esters is 1. The molecule has 13 heteroatoms. The van der Waals surface area contributed by atoms with Crippen LogP contribution in [0.2, 0.25) is 0 Å². The Morgan fingerprint density at radius 3 is 1.79 bits per heavy atom. The Kier molecular flexibility index (Phi) is 33.1. The van der Waals surface area contributed by atoms with Crippen LogP contribution in [0.15, 0.2) is 60.8 Å². The molecule has 1 saturated heterocycles. The lowest BCUT2D eigenvalue weighted by atomic mass is 9.99. The first-order valence-corrected chi connectivity index (χ1v) is 22.9. The molecule has 12 nitrogen and oxygen atoms in total. The quantitative estimate of drug-likeness (QED) is 0.0205. The van der Waals surface area contributed by atoms with Crippen LogP contribution >= 0.6 is 0 Å². The summed E-state index contributed by atoms with van der Waals surface area (Å²) >= 11 is 0. The van der Waals surface area contributed by atoms with Crippen molar-refractivity contribution in [2.45, 2.75) is 185 Å². The molecule has 1 fully saturated rings. The van der Waals surface area contributed by atoms with Crippen LogP contribution in [0.5, 0.6) is 0 Å². The summed E-state index contributed by atoms with van der Waals surface area (Å²) in [5, 5.41) is 30.6. The monoisotopic (exact) mass is 829 g/mol. The number of hydrogen-bond acceptors (Lipinski definition) is 11. The van der Waals surface area contributed by atoms with E-state index in [1.165, 1.54) is 38.5 Å². The Morgan fingerprint density at radius 1 is 0.684 bits per heavy atom. The number of unbranched alkanes of at least 4 members (excludes halogenated alkanes) is 13. The number of hydrogen-bond donors (Lipinski definition) is 4. The normalized spacial score (nSPS) is 21.3. The summed E-state index contributed by atoms with van der Waals surface area (Å²) in [5.74, 6) is -0.427. The molecule has 0 amide bonds. The fraction of sp³-hybridized carbons (Fsp3) is 0.750. The van der Waals surface area contributed by atoms with Crippen LogP contribution in [0.1, 0.15) is 149 Å². The van der Waals surface area contributed by atoms with Gasteiger partial charge in [0.2, 0.25) is 0 Å². The van der Waals surface area contributed by atoms with Gasteiger partial charge in [0.05, 0.1) is 19.8 Å². The predicted octanol–water partition coefficient (Wildman–Crippen LogP) is 8.57. The summed E-state index contributed by atoms with van der Waals surface area (Å²) in [5.41, 5.74) is 0. The van der Waals surface area contributed by atoms with Crippen LogP contribution in [-0.2, 0) is 38.3 Å². The summed E-state index contributed by atoms with van der Waals surface area (Å²) < 4.78 is 58.9. The Bertz CT molecular complexity index is 1230. The topological polar surface area (TPSA) is 178 Å². The molecule has 0 aromatic carbocycles. The number of aliphatic hydroxyl groups is 3. The smallest absolute Gasteiger partial charge is 0.397 e. The van der Waals surface area contributed by atoms with Crippen LogP contribution in [0.3, 0.4) is 0 Å². The fourth-order valence-electron chi connectivity index (χ4n) is 6.13. The maximum Gasteiger partial charge on any atom is 0.397 e. The van der Waals surface area contributed by atoms with E-state index >= 15 is 0 Å². The third-order valence-electron chi connectivity index (χ3n) is 9.37. The Balaban J connectivity index is 2.49. The van der Waals surface area contributed by atoms with Crippen molar-refractivity contribution in [1.82, 2.24) is 0 Å². The zero-order valence-electron chi connectivity index (χ0n) is 34.9. The molecular formula is C44H76O12S. The summed E-state index contributed by atoms with van der Waals surface area (Å²) in [6.45, 7) is 3.79. The van der Waals surface area contributed by atoms with Crippen LogP contribution in [0.4, 0.5) is 0 Å². The molecule has 1 rings (SSSR count). The second kappa shape index (κ2) is 35.7. The molecule has 0 aromatic heterocycles. The van der Waals surface area contributed by atoms with E-state index in [1.54, 1.807) is 0 Å². The Hall–Kier alpha value is -2.20. The molecular weight excluding hydrogens is 753 g/mol. The van der Waals surface area contributed by atoms with Gasteiger partial charge in [0, 0.05) is 13.0 Å². The summed E-state index contributed by atoms with van der Waals surface area (Å²) in [7, 11) is -5.07. The number of aliphatic hydroxyl groups excluding tert-OH is 3. The molecule has 1 heterocycles. The molecule has 6 unspecified atom stereocenters. The molecule has 0 spiro atoms.